The summed E-state index contributed by atoms with van der Waals surface area (Å²) in [5.74, 6) is -0.0218. The first kappa shape index (κ1) is 12.3. The predicted octanol–water partition coefficient (Wildman–Crippen LogP) is 3.74. The van der Waals surface area contributed by atoms with Crippen molar-refractivity contribution in [3.05, 3.63) is 45.9 Å². The van der Waals surface area contributed by atoms with Gasteiger partial charge in [0.1, 0.15) is 22.5 Å². The second-order valence-corrected chi connectivity index (χ2v) is 5.05. The van der Waals surface area contributed by atoms with Crippen molar-refractivity contribution in [1.82, 2.24) is 15.0 Å². The van der Waals surface area contributed by atoms with Crippen LogP contribution in [0.15, 0.2) is 30.3 Å². The molecular weight excluding hydrogens is 285 g/mol. The van der Waals surface area contributed by atoms with Crippen LogP contribution in [-0.2, 0) is 0 Å². The van der Waals surface area contributed by atoms with Crippen molar-refractivity contribution in [3.63, 3.8) is 0 Å². The molecule has 0 amide bonds. The van der Waals surface area contributed by atoms with Gasteiger partial charge in [-0.1, -0.05) is 29.3 Å². The van der Waals surface area contributed by atoms with Crippen molar-refractivity contribution < 1.29 is 5.11 Å². The molecule has 6 heteroatoms. The lowest BCUT2D eigenvalue weighted by Gasteiger charge is -2.04. The topological polar surface area (TPSA) is 50.9 Å². The Morgan fingerprint density at radius 2 is 1.68 bits per heavy atom. The molecule has 0 aliphatic carbocycles. The molecule has 0 atom stereocenters. The van der Waals surface area contributed by atoms with Gasteiger partial charge in [0, 0.05) is 6.07 Å². The molecule has 0 aliphatic rings. The van der Waals surface area contributed by atoms with Crippen molar-refractivity contribution in [2.24, 2.45) is 0 Å². The zero-order valence-corrected chi connectivity index (χ0v) is 11.4. The van der Waals surface area contributed by atoms with Gasteiger partial charge in [-0.25, -0.2) is 0 Å². The Balaban J connectivity index is 2.21. The van der Waals surface area contributed by atoms with Crippen LogP contribution >= 0.6 is 23.2 Å². The van der Waals surface area contributed by atoms with E-state index >= 15 is 0 Å². The van der Waals surface area contributed by atoms with Crippen LogP contribution in [0.2, 0.25) is 10.0 Å². The molecule has 0 bridgehead atoms. The Bertz CT molecular complexity index is 783. The van der Waals surface area contributed by atoms with Gasteiger partial charge in [0.2, 0.25) is 0 Å². The molecule has 0 unspecified atom stereocenters. The monoisotopic (exact) mass is 293 g/mol. The number of fused-ring (bicyclic) bond motifs is 1. The molecule has 4 nitrogen and oxygen atoms in total. The van der Waals surface area contributed by atoms with Crippen LogP contribution in [-0.4, -0.2) is 20.1 Å². The molecule has 0 aliphatic heterocycles. The van der Waals surface area contributed by atoms with E-state index in [1.54, 1.807) is 0 Å². The molecule has 3 aromatic rings. The smallest absolute Gasteiger partial charge is 0.144 e. The third-order valence-electron chi connectivity index (χ3n) is 2.77. The number of nitrogens with zero attached hydrogens (tertiary/aromatic N) is 3. The van der Waals surface area contributed by atoms with Crippen LogP contribution in [0.1, 0.15) is 5.56 Å². The highest BCUT2D eigenvalue weighted by Gasteiger charge is 2.11. The fraction of sp³-hybridized carbons (Fsp3) is 0.0769. The van der Waals surface area contributed by atoms with E-state index in [1.807, 2.05) is 25.1 Å². The molecule has 3 rings (SSSR count). The van der Waals surface area contributed by atoms with Crippen molar-refractivity contribution in [2.75, 3.05) is 0 Å². The first-order chi connectivity index (χ1) is 9.04. The molecule has 0 fully saturated rings. The summed E-state index contributed by atoms with van der Waals surface area (Å²) in [7, 11) is 0. The Kier molecular flexibility index (Phi) is 2.84. The first-order valence-electron chi connectivity index (χ1n) is 5.57. The van der Waals surface area contributed by atoms with Crippen LogP contribution < -0.4 is 0 Å². The molecule has 1 aromatic heterocycles. The Labute approximate surface area is 119 Å². The molecule has 0 spiro atoms. The fourth-order valence-corrected chi connectivity index (χ4v) is 2.13. The summed E-state index contributed by atoms with van der Waals surface area (Å²) in [6.07, 6.45) is 0. The van der Waals surface area contributed by atoms with Gasteiger partial charge in [-0.05, 0) is 30.7 Å². The summed E-state index contributed by atoms with van der Waals surface area (Å²) >= 11 is 11.8. The van der Waals surface area contributed by atoms with Gasteiger partial charge in [-0.15, -0.1) is 15.0 Å². The molecule has 2 aromatic carbocycles. The van der Waals surface area contributed by atoms with Gasteiger partial charge in [-0.2, -0.15) is 0 Å². The van der Waals surface area contributed by atoms with Crippen molar-refractivity contribution in [3.8, 4) is 11.4 Å². The number of phenolic OH excluding ortho intramolecular Hbond substituents is 1. The van der Waals surface area contributed by atoms with E-state index in [0.29, 0.717) is 10.7 Å². The van der Waals surface area contributed by atoms with Gasteiger partial charge in [-0.3, -0.25) is 0 Å². The highest BCUT2D eigenvalue weighted by Crippen LogP contribution is 2.31. The van der Waals surface area contributed by atoms with Crippen LogP contribution in [0.25, 0.3) is 16.7 Å². The SMILES string of the molecule is Cc1ccc2nn(-c3cc(Cl)c(Cl)cc3O)nc2c1. The molecule has 96 valence electrons. The van der Waals surface area contributed by atoms with Crippen LogP contribution in [0.3, 0.4) is 0 Å². The second kappa shape index (κ2) is 4.40. The molecular formula is C13H9Cl2N3O. The number of aromatic nitrogens is 3. The number of phenols is 1. The highest BCUT2D eigenvalue weighted by molar-refractivity contribution is 6.42. The molecule has 19 heavy (non-hydrogen) atoms. The summed E-state index contributed by atoms with van der Waals surface area (Å²) in [6.45, 7) is 1.98. The van der Waals surface area contributed by atoms with Gasteiger partial charge >= 0.3 is 0 Å². The third kappa shape index (κ3) is 2.13. The van der Waals surface area contributed by atoms with Crippen molar-refractivity contribution in [2.45, 2.75) is 6.92 Å². The molecule has 0 saturated carbocycles. The number of hydrogen-bond donors (Lipinski definition) is 1. The van der Waals surface area contributed by atoms with Gasteiger partial charge in [0.25, 0.3) is 0 Å². The van der Waals surface area contributed by atoms with Crippen LogP contribution in [0.5, 0.6) is 5.75 Å². The minimum absolute atomic E-state index is 0.0218. The fourth-order valence-electron chi connectivity index (χ4n) is 1.82. The molecule has 0 radical (unpaired) electrons. The zero-order valence-electron chi connectivity index (χ0n) is 9.93. The maximum Gasteiger partial charge on any atom is 0.144 e. The maximum absolute atomic E-state index is 9.91. The number of benzene rings is 2. The maximum atomic E-state index is 9.91. The standard InChI is InChI=1S/C13H9Cl2N3O/c1-7-2-3-10-11(4-7)17-18(16-10)12-5-8(14)9(15)6-13(12)19/h2-6,19H,1H3. The van der Waals surface area contributed by atoms with E-state index in [9.17, 15) is 5.11 Å². The molecule has 0 saturated heterocycles. The highest BCUT2D eigenvalue weighted by atomic mass is 35.5. The number of halogens is 2. The number of rotatable bonds is 1. The largest absolute Gasteiger partial charge is 0.506 e. The normalized spacial score (nSPS) is 11.1. The summed E-state index contributed by atoms with van der Waals surface area (Å²) in [5, 5.41) is 19.2. The first-order valence-corrected chi connectivity index (χ1v) is 6.32. The van der Waals surface area contributed by atoms with Crippen molar-refractivity contribution >= 4 is 34.2 Å². The van der Waals surface area contributed by atoms with E-state index in [-0.39, 0.29) is 10.8 Å². The summed E-state index contributed by atoms with van der Waals surface area (Å²) in [5.41, 5.74) is 2.99. The van der Waals surface area contributed by atoms with Crippen LogP contribution in [0.4, 0.5) is 0 Å². The summed E-state index contributed by atoms with van der Waals surface area (Å²) < 4.78 is 0. The van der Waals surface area contributed by atoms with Gasteiger partial charge in [0.05, 0.1) is 10.0 Å². The lowest BCUT2D eigenvalue weighted by Crippen LogP contribution is -1.99. The summed E-state index contributed by atoms with van der Waals surface area (Å²) in [6, 6.07) is 8.66. The van der Waals surface area contributed by atoms with E-state index < -0.39 is 0 Å². The molecule has 1 heterocycles. The van der Waals surface area contributed by atoms with E-state index in [4.69, 9.17) is 23.2 Å². The average Bonchev–Trinajstić information content (AvgIpc) is 2.76. The zero-order chi connectivity index (χ0) is 13.6. The van der Waals surface area contributed by atoms with E-state index in [0.717, 1.165) is 16.6 Å². The Morgan fingerprint density at radius 3 is 2.47 bits per heavy atom. The van der Waals surface area contributed by atoms with Gasteiger partial charge < -0.3 is 5.11 Å². The average molecular weight is 294 g/mol. The minimum atomic E-state index is -0.0218. The number of aromatic hydroxyl groups is 1. The minimum Gasteiger partial charge on any atom is -0.506 e. The van der Waals surface area contributed by atoms with Crippen molar-refractivity contribution in [1.29, 1.82) is 0 Å². The lowest BCUT2D eigenvalue weighted by molar-refractivity contribution is 0.468. The van der Waals surface area contributed by atoms with Crippen LogP contribution in [0, 0.1) is 6.92 Å². The number of aryl methyl sites for hydroxylation is 1. The molecule has 1 N–H and O–H groups in total. The number of hydrogen-bond acceptors (Lipinski definition) is 3. The summed E-state index contributed by atoms with van der Waals surface area (Å²) in [4.78, 5) is 1.35. The van der Waals surface area contributed by atoms with E-state index in [1.165, 1.54) is 16.9 Å². The predicted molar refractivity (Wildman–Crippen MR) is 75.3 cm³/mol. The lowest BCUT2D eigenvalue weighted by atomic mass is 10.2. The quantitative estimate of drug-likeness (QED) is 0.743. The Morgan fingerprint density at radius 1 is 1.00 bits per heavy atom. The third-order valence-corrected chi connectivity index (χ3v) is 3.49. The second-order valence-electron chi connectivity index (χ2n) is 4.24. The van der Waals surface area contributed by atoms with E-state index in [2.05, 4.69) is 10.2 Å². The Hall–Kier alpha value is -1.78. The van der Waals surface area contributed by atoms with Gasteiger partial charge in [0.15, 0.2) is 0 Å².